The molecule has 13 nitrogen and oxygen atoms in total. The highest BCUT2D eigenvalue weighted by Crippen LogP contribution is 2.14. The Morgan fingerprint density at radius 3 is 2.41 bits per heavy atom. The summed E-state index contributed by atoms with van der Waals surface area (Å²) in [4.78, 5) is 72.2. The summed E-state index contributed by atoms with van der Waals surface area (Å²) in [7, 11) is 0. The molecular formula is C19H33N7O6. The molecule has 0 aromatic rings. The first kappa shape index (κ1) is 27.0. The molecule has 0 spiro atoms. The smallest absolute Gasteiger partial charge is 0.243 e. The van der Waals surface area contributed by atoms with Crippen LogP contribution in [0.1, 0.15) is 38.5 Å². The summed E-state index contributed by atoms with van der Waals surface area (Å²) in [6, 6.07) is -2.67. The van der Waals surface area contributed by atoms with Gasteiger partial charge in [0.05, 0.1) is 31.6 Å². The predicted molar refractivity (Wildman–Crippen MR) is 113 cm³/mol. The zero-order chi connectivity index (χ0) is 24.1. The zero-order valence-electron chi connectivity index (χ0n) is 18.0. The van der Waals surface area contributed by atoms with Crippen LogP contribution in [0.25, 0.3) is 0 Å². The molecule has 0 bridgehead atoms. The van der Waals surface area contributed by atoms with E-state index in [0.29, 0.717) is 51.5 Å². The van der Waals surface area contributed by atoms with Gasteiger partial charge in [-0.2, -0.15) is 0 Å². The number of carbonyl (C=O) groups excluding carboxylic acids is 6. The number of nitrogens with two attached hydrogens (primary N) is 3. The number of aldehydes is 1. The van der Waals surface area contributed by atoms with Gasteiger partial charge in [-0.25, -0.2) is 0 Å². The van der Waals surface area contributed by atoms with Gasteiger partial charge in [0.25, 0.3) is 0 Å². The SMILES string of the molecule is NCCCC[C@H](N)C(=O)N[C@@H](CC(N)=O)C(=O)NCC(=O)NCC(=O)N1CCC[C@H]1C=O. The van der Waals surface area contributed by atoms with Crippen LogP contribution in [-0.2, 0) is 28.8 Å². The number of carbonyl (C=O) groups is 6. The lowest BCUT2D eigenvalue weighted by Crippen LogP contribution is -2.54. The van der Waals surface area contributed by atoms with Gasteiger partial charge in [-0.3, -0.25) is 24.0 Å². The number of nitrogens with zero attached hydrogens (tertiary/aromatic N) is 1. The van der Waals surface area contributed by atoms with Crippen molar-refractivity contribution >= 4 is 35.8 Å². The third-order valence-corrected chi connectivity index (χ3v) is 4.98. The van der Waals surface area contributed by atoms with Gasteiger partial charge >= 0.3 is 0 Å². The lowest BCUT2D eigenvalue weighted by atomic mass is 10.1. The van der Waals surface area contributed by atoms with Crippen molar-refractivity contribution in [3.63, 3.8) is 0 Å². The van der Waals surface area contributed by atoms with Gasteiger partial charge in [0.15, 0.2) is 0 Å². The summed E-state index contributed by atoms with van der Waals surface area (Å²) in [5.41, 5.74) is 16.3. The van der Waals surface area contributed by atoms with Gasteiger partial charge in [0.2, 0.25) is 29.5 Å². The number of hydrogen-bond acceptors (Lipinski definition) is 8. The summed E-state index contributed by atoms with van der Waals surface area (Å²) in [6.45, 7) is 0.0944. The van der Waals surface area contributed by atoms with E-state index in [0.717, 1.165) is 0 Å². The summed E-state index contributed by atoms with van der Waals surface area (Å²) < 4.78 is 0. The molecule has 1 saturated heterocycles. The molecule has 180 valence electrons. The molecule has 1 aliphatic heterocycles. The Morgan fingerprint density at radius 2 is 1.78 bits per heavy atom. The number of nitrogens with one attached hydrogen (secondary N) is 3. The van der Waals surface area contributed by atoms with Crippen molar-refractivity contribution in [2.24, 2.45) is 17.2 Å². The second-order valence-corrected chi connectivity index (χ2v) is 7.55. The maximum absolute atomic E-state index is 12.3. The van der Waals surface area contributed by atoms with Crippen molar-refractivity contribution in [2.45, 2.75) is 56.7 Å². The first-order valence-electron chi connectivity index (χ1n) is 10.5. The minimum absolute atomic E-state index is 0.321. The highest BCUT2D eigenvalue weighted by Gasteiger charge is 2.28. The van der Waals surface area contributed by atoms with Gasteiger partial charge < -0.3 is 42.8 Å². The standard InChI is InChI=1S/C19H33N7O6/c20-6-2-1-5-13(21)18(31)25-14(8-15(22)28)19(32)24-9-16(29)23-10-17(30)26-7-3-4-12(26)11-27/h11-14H,1-10,20-21H2,(H2,22,28)(H,23,29)(H,24,32)(H,25,31)/t12-,13-,14-/m0/s1. The zero-order valence-corrected chi connectivity index (χ0v) is 18.0. The third-order valence-electron chi connectivity index (χ3n) is 4.98. The lowest BCUT2D eigenvalue weighted by molar-refractivity contribution is -0.135. The normalized spacial score (nSPS) is 17.2. The fourth-order valence-electron chi connectivity index (χ4n) is 3.20. The van der Waals surface area contributed by atoms with Crippen LogP contribution < -0.4 is 33.2 Å². The third kappa shape index (κ3) is 9.39. The molecule has 3 atom stereocenters. The Labute approximate surface area is 186 Å². The largest absolute Gasteiger partial charge is 0.370 e. The first-order valence-corrected chi connectivity index (χ1v) is 10.5. The summed E-state index contributed by atoms with van der Waals surface area (Å²) >= 11 is 0. The van der Waals surface area contributed by atoms with Crippen LogP contribution in [-0.4, -0.2) is 85.0 Å². The van der Waals surface area contributed by atoms with E-state index in [9.17, 15) is 28.8 Å². The van der Waals surface area contributed by atoms with Gasteiger partial charge in [-0.05, 0) is 32.2 Å². The molecule has 0 aromatic heterocycles. The molecule has 5 amide bonds. The molecule has 0 radical (unpaired) electrons. The van der Waals surface area contributed by atoms with Gasteiger partial charge in [0.1, 0.15) is 12.3 Å². The molecule has 1 aliphatic rings. The minimum Gasteiger partial charge on any atom is -0.370 e. The molecule has 32 heavy (non-hydrogen) atoms. The molecule has 1 heterocycles. The molecular weight excluding hydrogens is 422 g/mol. The monoisotopic (exact) mass is 455 g/mol. The molecule has 0 unspecified atom stereocenters. The molecule has 0 aliphatic carbocycles. The number of rotatable bonds is 14. The number of likely N-dealkylation sites (tertiary alicyclic amines) is 1. The van der Waals surface area contributed by atoms with E-state index in [-0.39, 0.29) is 6.54 Å². The highest BCUT2D eigenvalue weighted by atomic mass is 16.2. The Kier molecular flexibility index (Phi) is 11.9. The van der Waals surface area contributed by atoms with E-state index < -0.39 is 60.6 Å². The number of amides is 5. The second kappa shape index (κ2) is 14.1. The highest BCUT2D eigenvalue weighted by molar-refractivity contribution is 5.95. The molecule has 9 N–H and O–H groups in total. The van der Waals surface area contributed by atoms with Gasteiger partial charge in [-0.1, -0.05) is 6.42 Å². The van der Waals surface area contributed by atoms with Crippen LogP contribution >= 0.6 is 0 Å². The number of unbranched alkanes of at least 4 members (excludes halogenated alkanes) is 1. The molecule has 0 saturated carbocycles. The summed E-state index contributed by atoms with van der Waals surface area (Å²) in [5.74, 6) is -3.31. The molecule has 1 rings (SSSR count). The Bertz CT molecular complexity index is 702. The van der Waals surface area contributed by atoms with E-state index in [4.69, 9.17) is 17.2 Å². The van der Waals surface area contributed by atoms with Crippen LogP contribution in [0.4, 0.5) is 0 Å². The van der Waals surface area contributed by atoms with Crippen LogP contribution in [0, 0.1) is 0 Å². The average Bonchev–Trinajstić information content (AvgIpc) is 3.24. The number of hydrogen-bond donors (Lipinski definition) is 6. The van der Waals surface area contributed by atoms with E-state index >= 15 is 0 Å². The van der Waals surface area contributed by atoms with Crippen LogP contribution in [0.3, 0.4) is 0 Å². The fraction of sp³-hybridized carbons (Fsp3) is 0.684. The van der Waals surface area contributed by atoms with Crippen molar-refractivity contribution in [3.8, 4) is 0 Å². The van der Waals surface area contributed by atoms with Crippen molar-refractivity contribution in [1.82, 2.24) is 20.9 Å². The second-order valence-electron chi connectivity index (χ2n) is 7.55. The maximum Gasteiger partial charge on any atom is 0.243 e. The van der Waals surface area contributed by atoms with Crippen LogP contribution in [0.2, 0.25) is 0 Å². The Morgan fingerprint density at radius 1 is 1.06 bits per heavy atom. The van der Waals surface area contributed by atoms with Crippen molar-refractivity contribution in [1.29, 1.82) is 0 Å². The van der Waals surface area contributed by atoms with Crippen molar-refractivity contribution < 1.29 is 28.8 Å². The minimum atomic E-state index is -1.30. The Hall–Kier alpha value is -3.06. The van der Waals surface area contributed by atoms with E-state index in [1.54, 1.807) is 0 Å². The van der Waals surface area contributed by atoms with Crippen LogP contribution in [0.5, 0.6) is 0 Å². The average molecular weight is 456 g/mol. The molecule has 13 heteroatoms. The summed E-state index contributed by atoms with van der Waals surface area (Å²) in [6.07, 6.45) is 3.19. The quantitative estimate of drug-likeness (QED) is 0.112. The molecule has 0 aromatic carbocycles. The predicted octanol–water partition coefficient (Wildman–Crippen LogP) is -3.77. The first-order chi connectivity index (χ1) is 15.2. The van der Waals surface area contributed by atoms with Gasteiger partial charge in [-0.15, -0.1) is 0 Å². The lowest BCUT2D eigenvalue weighted by Gasteiger charge is -2.21. The molecule has 1 fully saturated rings. The van der Waals surface area contributed by atoms with E-state index in [1.807, 2.05) is 0 Å². The maximum atomic E-state index is 12.3. The topological polar surface area (TPSA) is 220 Å². The van der Waals surface area contributed by atoms with Crippen molar-refractivity contribution in [2.75, 3.05) is 26.2 Å². The summed E-state index contributed by atoms with van der Waals surface area (Å²) in [5, 5.41) is 7.01. The van der Waals surface area contributed by atoms with E-state index in [2.05, 4.69) is 16.0 Å². The van der Waals surface area contributed by atoms with Crippen LogP contribution in [0.15, 0.2) is 0 Å². The number of primary amides is 1. The van der Waals surface area contributed by atoms with Gasteiger partial charge in [0, 0.05) is 6.54 Å². The fourth-order valence-corrected chi connectivity index (χ4v) is 3.20. The Balaban J connectivity index is 2.49. The van der Waals surface area contributed by atoms with E-state index in [1.165, 1.54) is 4.90 Å². The van der Waals surface area contributed by atoms with Crippen molar-refractivity contribution in [3.05, 3.63) is 0 Å².